The Hall–Kier alpha value is -2.57. The van der Waals surface area contributed by atoms with Gasteiger partial charge in [-0.3, -0.25) is 4.79 Å². The van der Waals surface area contributed by atoms with Crippen molar-refractivity contribution >= 4 is 23.2 Å². The normalized spacial score (nSPS) is 14.7. The summed E-state index contributed by atoms with van der Waals surface area (Å²) < 4.78 is 0. The summed E-state index contributed by atoms with van der Waals surface area (Å²) in [5.74, 6) is -0.0499. The minimum absolute atomic E-state index is 0.112. The summed E-state index contributed by atoms with van der Waals surface area (Å²) in [6.07, 6.45) is 7.35. The monoisotopic (exact) mass is 483 g/mol. The van der Waals surface area contributed by atoms with Gasteiger partial charge in [0, 0.05) is 29.7 Å². The van der Waals surface area contributed by atoms with E-state index in [-0.39, 0.29) is 6.42 Å². The number of nitrogens with one attached hydrogen (secondary N) is 1. The topological polar surface area (TPSA) is 80.1 Å². The van der Waals surface area contributed by atoms with E-state index in [1.54, 1.807) is 0 Å². The molecule has 0 spiro atoms. The predicted octanol–water partition coefficient (Wildman–Crippen LogP) is 6.66. The highest BCUT2D eigenvalue weighted by Gasteiger charge is 2.18. The molecule has 2 aromatic carbocycles. The van der Waals surface area contributed by atoms with Crippen molar-refractivity contribution in [1.29, 1.82) is 0 Å². The van der Waals surface area contributed by atoms with E-state index in [2.05, 4.69) is 46.8 Å². The zero-order chi connectivity index (χ0) is 24.3. The lowest BCUT2D eigenvalue weighted by molar-refractivity contribution is -0.117. The number of nitrogens with zero attached hydrogens (tertiary/aromatic N) is 2. The minimum Gasteiger partial charge on any atom is -0.391 e. The van der Waals surface area contributed by atoms with Crippen LogP contribution in [0.5, 0.6) is 0 Å². The number of halogens is 1. The highest BCUT2D eigenvalue weighted by molar-refractivity contribution is 6.31. The maximum Gasteiger partial charge on any atom is 0.287 e. The van der Waals surface area contributed by atoms with Crippen LogP contribution in [0.4, 0.5) is 0 Å². The molecule has 0 aliphatic heterocycles. The lowest BCUT2D eigenvalue weighted by Crippen LogP contribution is -2.18. The number of carbonyl (C=O) groups is 1. The van der Waals surface area contributed by atoms with Crippen LogP contribution < -0.4 is 5.32 Å². The number of amides is 1. The molecule has 2 aromatic rings. The first-order valence-electron chi connectivity index (χ1n) is 12.2. The van der Waals surface area contributed by atoms with Gasteiger partial charge in [-0.2, -0.15) is 0 Å². The summed E-state index contributed by atoms with van der Waals surface area (Å²) in [5.41, 5.74) is 6.44. The van der Waals surface area contributed by atoms with Gasteiger partial charge >= 0.3 is 0 Å². The average Bonchev–Trinajstić information content (AvgIpc) is 2.87. The van der Waals surface area contributed by atoms with E-state index >= 15 is 0 Å². The van der Waals surface area contributed by atoms with Crippen LogP contribution in [-0.2, 0) is 29.2 Å². The van der Waals surface area contributed by atoms with E-state index in [1.807, 2.05) is 19.1 Å². The largest absolute Gasteiger partial charge is 0.391 e. The van der Waals surface area contributed by atoms with E-state index in [0.717, 1.165) is 33.8 Å². The van der Waals surface area contributed by atoms with Gasteiger partial charge in [-0.15, -0.1) is 4.91 Å². The fourth-order valence-electron chi connectivity index (χ4n) is 4.48. The number of nitroso groups, excluding NO2 is 1. The standard InChI is InChI=1S/C27H34ClN3O3/c1-3-21-16-23(10-11-24(21)17-29-14-13-27(32)30-33)19(2)31-34-18-20-9-12-25(26(28)15-20)22-7-5-4-6-8-22/h9-12,15-16,22,29H,3-8,13-14,17-18H2,1-2H3/b31-19+. The molecule has 1 N–H and O–H groups in total. The first-order chi connectivity index (χ1) is 16.5. The number of rotatable bonds is 11. The van der Waals surface area contributed by atoms with E-state index in [4.69, 9.17) is 16.4 Å². The summed E-state index contributed by atoms with van der Waals surface area (Å²) >= 11 is 6.58. The molecule has 34 heavy (non-hydrogen) atoms. The summed E-state index contributed by atoms with van der Waals surface area (Å²) in [6, 6.07) is 12.4. The van der Waals surface area contributed by atoms with Gasteiger partial charge in [0.15, 0.2) is 0 Å². The molecule has 1 saturated carbocycles. The number of carbonyl (C=O) groups excluding carboxylic acids is 1. The molecule has 1 amide bonds. The Morgan fingerprint density at radius 2 is 1.91 bits per heavy atom. The van der Waals surface area contributed by atoms with Crippen LogP contribution >= 0.6 is 11.6 Å². The third kappa shape index (κ3) is 7.47. The molecule has 0 heterocycles. The van der Waals surface area contributed by atoms with Gasteiger partial charge in [-0.05, 0) is 72.1 Å². The number of aryl methyl sites for hydroxylation is 1. The average molecular weight is 484 g/mol. The molecule has 0 aromatic heterocycles. The molecule has 6 nitrogen and oxygen atoms in total. The predicted molar refractivity (Wildman–Crippen MR) is 137 cm³/mol. The molecular formula is C27H34ClN3O3. The van der Waals surface area contributed by atoms with Crippen LogP contribution in [0.15, 0.2) is 46.7 Å². The first kappa shape index (κ1) is 26.0. The van der Waals surface area contributed by atoms with Gasteiger partial charge in [-0.1, -0.05) is 67.2 Å². The third-order valence-corrected chi connectivity index (χ3v) is 6.81. The molecule has 0 unspecified atom stereocenters. The van der Waals surface area contributed by atoms with E-state index in [1.165, 1.54) is 43.2 Å². The molecule has 1 aliphatic carbocycles. The van der Waals surface area contributed by atoms with E-state index in [0.29, 0.717) is 25.6 Å². The van der Waals surface area contributed by atoms with Crippen LogP contribution in [0.2, 0.25) is 5.02 Å². The Morgan fingerprint density at radius 1 is 1.12 bits per heavy atom. The van der Waals surface area contributed by atoms with Crippen molar-refractivity contribution in [2.75, 3.05) is 6.54 Å². The number of hydrogen-bond acceptors (Lipinski definition) is 5. The molecule has 182 valence electrons. The second kappa shape index (κ2) is 13.4. The van der Waals surface area contributed by atoms with Crippen molar-refractivity contribution in [3.8, 4) is 0 Å². The zero-order valence-electron chi connectivity index (χ0n) is 20.1. The highest BCUT2D eigenvalue weighted by Crippen LogP contribution is 2.36. The maximum absolute atomic E-state index is 11.0. The SMILES string of the molecule is CCc1cc(/C(C)=N/OCc2ccc(C3CCCCC3)c(Cl)c2)ccc1CNCCC(=O)N=O. The molecule has 7 heteroatoms. The first-order valence-corrected chi connectivity index (χ1v) is 12.5. The van der Waals surface area contributed by atoms with Gasteiger partial charge < -0.3 is 10.2 Å². The molecule has 0 saturated heterocycles. The Balaban J connectivity index is 1.55. The Labute approximate surface area is 207 Å². The summed E-state index contributed by atoms with van der Waals surface area (Å²) in [7, 11) is 0. The second-order valence-electron chi connectivity index (χ2n) is 8.89. The fraction of sp³-hybridized carbons (Fsp3) is 0.481. The van der Waals surface area contributed by atoms with E-state index < -0.39 is 5.91 Å². The van der Waals surface area contributed by atoms with Gasteiger partial charge in [0.25, 0.3) is 5.91 Å². The van der Waals surface area contributed by atoms with Crippen LogP contribution in [0, 0.1) is 4.91 Å². The Morgan fingerprint density at radius 3 is 2.62 bits per heavy atom. The van der Waals surface area contributed by atoms with Crippen LogP contribution in [0.3, 0.4) is 0 Å². The van der Waals surface area contributed by atoms with Crippen LogP contribution in [0.1, 0.15) is 86.1 Å². The van der Waals surface area contributed by atoms with Gasteiger partial charge in [0.2, 0.25) is 0 Å². The van der Waals surface area contributed by atoms with Crippen molar-refractivity contribution in [2.45, 2.75) is 77.9 Å². The minimum atomic E-state index is -0.632. The maximum atomic E-state index is 11.0. The molecular weight excluding hydrogens is 450 g/mol. The number of oxime groups is 1. The molecule has 3 rings (SSSR count). The van der Waals surface area contributed by atoms with Crippen molar-refractivity contribution < 1.29 is 9.63 Å². The second-order valence-corrected chi connectivity index (χ2v) is 9.30. The summed E-state index contributed by atoms with van der Waals surface area (Å²) in [6.45, 7) is 5.46. The molecule has 1 aliphatic rings. The Bertz CT molecular complexity index is 1020. The van der Waals surface area contributed by atoms with Crippen molar-refractivity contribution in [1.82, 2.24) is 5.32 Å². The summed E-state index contributed by atoms with van der Waals surface area (Å²) in [5, 5.41) is 10.7. The van der Waals surface area contributed by atoms with Gasteiger partial charge in [0.1, 0.15) is 6.61 Å². The van der Waals surface area contributed by atoms with Gasteiger partial charge in [-0.25, -0.2) is 0 Å². The van der Waals surface area contributed by atoms with Gasteiger partial charge in [0.05, 0.1) is 5.71 Å². The van der Waals surface area contributed by atoms with Crippen LogP contribution in [0.25, 0.3) is 0 Å². The molecule has 0 bridgehead atoms. The number of benzene rings is 2. The van der Waals surface area contributed by atoms with Crippen LogP contribution in [-0.4, -0.2) is 18.2 Å². The highest BCUT2D eigenvalue weighted by atomic mass is 35.5. The number of hydrogen-bond donors (Lipinski definition) is 1. The summed E-state index contributed by atoms with van der Waals surface area (Å²) in [4.78, 5) is 26.8. The smallest absolute Gasteiger partial charge is 0.287 e. The fourth-order valence-corrected chi connectivity index (χ4v) is 4.84. The molecule has 0 atom stereocenters. The zero-order valence-corrected chi connectivity index (χ0v) is 20.9. The molecule has 0 radical (unpaired) electrons. The van der Waals surface area contributed by atoms with E-state index in [9.17, 15) is 9.70 Å². The van der Waals surface area contributed by atoms with Crippen molar-refractivity contribution in [3.63, 3.8) is 0 Å². The van der Waals surface area contributed by atoms with Crippen molar-refractivity contribution in [3.05, 3.63) is 74.1 Å². The lowest BCUT2D eigenvalue weighted by Gasteiger charge is -2.23. The lowest BCUT2D eigenvalue weighted by atomic mass is 9.84. The molecule has 1 fully saturated rings. The Kier molecular flexibility index (Phi) is 10.2. The van der Waals surface area contributed by atoms with Crippen molar-refractivity contribution in [2.24, 2.45) is 10.3 Å². The third-order valence-electron chi connectivity index (χ3n) is 6.48. The quantitative estimate of drug-likeness (QED) is 0.167.